The van der Waals surface area contributed by atoms with Crippen molar-refractivity contribution >= 4 is 23.1 Å². The Bertz CT molecular complexity index is 1150. The number of rotatable bonds is 7. The highest BCUT2D eigenvalue weighted by Gasteiger charge is 2.27. The predicted octanol–water partition coefficient (Wildman–Crippen LogP) is 4.29. The molecule has 1 aliphatic rings. The fraction of sp³-hybridized carbons (Fsp3) is 0.462. The molecule has 1 aliphatic heterocycles. The zero-order valence-electron chi connectivity index (χ0n) is 20.9. The van der Waals surface area contributed by atoms with Crippen LogP contribution in [0.4, 0.5) is 17.2 Å². The number of carbonyl (C=O) groups excluding carboxylic acids is 1. The van der Waals surface area contributed by atoms with E-state index in [1.807, 2.05) is 36.7 Å². The van der Waals surface area contributed by atoms with Crippen molar-refractivity contribution in [2.75, 3.05) is 41.3 Å². The molecule has 1 unspecified atom stereocenters. The van der Waals surface area contributed by atoms with Gasteiger partial charge in [0, 0.05) is 49.3 Å². The third kappa shape index (κ3) is 5.05. The lowest BCUT2D eigenvalue weighted by Gasteiger charge is -2.33. The lowest BCUT2D eigenvalue weighted by molar-refractivity contribution is -0.120. The number of benzene rings is 1. The Hall–Kier alpha value is -3.42. The number of hydrogen-bond donors (Lipinski definition) is 1. The molecule has 1 amide bonds. The average molecular weight is 462 g/mol. The minimum Gasteiger partial charge on any atom is -0.372 e. The molecule has 3 heterocycles. The minimum absolute atomic E-state index is 0.0659. The Morgan fingerprint density at radius 3 is 2.53 bits per heavy atom. The van der Waals surface area contributed by atoms with Crippen molar-refractivity contribution in [2.45, 2.75) is 47.5 Å². The number of anilines is 3. The van der Waals surface area contributed by atoms with Gasteiger partial charge in [-0.2, -0.15) is 5.10 Å². The van der Waals surface area contributed by atoms with Gasteiger partial charge in [0.2, 0.25) is 5.91 Å². The standard InChI is InChI=1S/C26H35N7O/c1-6-31(7-2)22-10-11-23(18(3)13-22)29-26(34)21-9-8-12-32(16-21)24-15-25(28-17-27-24)33-20(5)14-19(4)30-33/h10-11,13-15,17,21H,6-9,12,16H2,1-5H3,(H,29,34). The third-order valence-corrected chi connectivity index (χ3v) is 6.58. The van der Waals surface area contributed by atoms with E-state index in [1.54, 1.807) is 6.33 Å². The summed E-state index contributed by atoms with van der Waals surface area (Å²) in [6, 6.07) is 10.2. The fourth-order valence-electron chi connectivity index (χ4n) is 4.69. The largest absolute Gasteiger partial charge is 0.372 e. The Balaban J connectivity index is 1.46. The van der Waals surface area contributed by atoms with Crippen LogP contribution in [0, 0.1) is 26.7 Å². The van der Waals surface area contributed by atoms with Crippen molar-refractivity contribution in [2.24, 2.45) is 5.92 Å². The van der Waals surface area contributed by atoms with E-state index in [0.29, 0.717) is 6.54 Å². The number of nitrogens with zero attached hydrogens (tertiary/aromatic N) is 6. The Morgan fingerprint density at radius 1 is 1.09 bits per heavy atom. The van der Waals surface area contributed by atoms with Crippen LogP contribution in [0.2, 0.25) is 0 Å². The molecule has 2 aromatic heterocycles. The maximum absolute atomic E-state index is 13.2. The highest BCUT2D eigenvalue weighted by Crippen LogP contribution is 2.26. The van der Waals surface area contributed by atoms with Gasteiger partial charge in [0.1, 0.15) is 12.1 Å². The van der Waals surface area contributed by atoms with Gasteiger partial charge in [-0.1, -0.05) is 0 Å². The van der Waals surface area contributed by atoms with E-state index < -0.39 is 0 Å². The van der Waals surface area contributed by atoms with Gasteiger partial charge in [0.25, 0.3) is 0 Å². The molecule has 0 bridgehead atoms. The van der Waals surface area contributed by atoms with Gasteiger partial charge in [-0.25, -0.2) is 14.6 Å². The number of hydrogen-bond acceptors (Lipinski definition) is 6. The molecular weight excluding hydrogens is 426 g/mol. The summed E-state index contributed by atoms with van der Waals surface area (Å²) in [5.74, 6) is 1.54. The summed E-state index contributed by atoms with van der Waals surface area (Å²) in [6.07, 6.45) is 3.39. The first-order valence-electron chi connectivity index (χ1n) is 12.2. The van der Waals surface area contributed by atoms with Gasteiger partial charge in [0.05, 0.1) is 11.6 Å². The molecule has 3 aromatic rings. The zero-order chi connectivity index (χ0) is 24.2. The number of piperidine rings is 1. The Kier molecular flexibility index (Phi) is 7.14. The molecule has 8 nitrogen and oxygen atoms in total. The molecule has 0 spiro atoms. The van der Waals surface area contributed by atoms with Crippen LogP contribution in [0.15, 0.2) is 36.7 Å². The van der Waals surface area contributed by atoms with E-state index in [0.717, 1.165) is 66.8 Å². The van der Waals surface area contributed by atoms with E-state index >= 15 is 0 Å². The second-order valence-electron chi connectivity index (χ2n) is 9.02. The van der Waals surface area contributed by atoms with E-state index in [2.05, 4.69) is 63.1 Å². The topological polar surface area (TPSA) is 79.2 Å². The fourth-order valence-corrected chi connectivity index (χ4v) is 4.69. The van der Waals surface area contributed by atoms with Crippen LogP contribution in [0.5, 0.6) is 0 Å². The summed E-state index contributed by atoms with van der Waals surface area (Å²) in [7, 11) is 0. The Morgan fingerprint density at radius 2 is 1.85 bits per heavy atom. The smallest absolute Gasteiger partial charge is 0.229 e. The van der Waals surface area contributed by atoms with Crippen molar-refractivity contribution in [1.29, 1.82) is 0 Å². The summed E-state index contributed by atoms with van der Waals surface area (Å²) < 4.78 is 1.83. The normalized spacial score (nSPS) is 15.9. The van der Waals surface area contributed by atoms with Crippen molar-refractivity contribution < 1.29 is 4.79 Å². The van der Waals surface area contributed by atoms with Crippen LogP contribution in [0.25, 0.3) is 5.82 Å². The lowest BCUT2D eigenvalue weighted by Crippen LogP contribution is -2.41. The van der Waals surface area contributed by atoms with Crippen LogP contribution < -0.4 is 15.1 Å². The monoisotopic (exact) mass is 461 g/mol. The van der Waals surface area contributed by atoms with E-state index in [4.69, 9.17) is 0 Å². The number of carbonyl (C=O) groups is 1. The van der Waals surface area contributed by atoms with Crippen LogP contribution in [0.3, 0.4) is 0 Å². The van der Waals surface area contributed by atoms with E-state index in [1.165, 1.54) is 5.69 Å². The molecule has 1 aromatic carbocycles. The SMILES string of the molecule is CCN(CC)c1ccc(NC(=O)C2CCCN(c3cc(-n4nc(C)cc4C)ncn3)C2)c(C)c1. The predicted molar refractivity (Wildman–Crippen MR) is 137 cm³/mol. The zero-order valence-corrected chi connectivity index (χ0v) is 20.9. The van der Waals surface area contributed by atoms with Crippen LogP contribution in [-0.2, 0) is 4.79 Å². The third-order valence-electron chi connectivity index (χ3n) is 6.58. The molecule has 0 radical (unpaired) electrons. The second-order valence-corrected chi connectivity index (χ2v) is 9.02. The molecule has 4 rings (SSSR count). The molecule has 1 atom stereocenters. The average Bonchev–Trinajstić information content (AvgIpc) is 3.19. The number of nitrogens with one attached hydrogen (secondary N) is 1. The number of aromatic nitrogens is 4. The molecule has 1 saturated heterocycles. The number of aryl methyl sites for hydroxylation is 3. The van der Waals surface area contributed by atoms with Gasteiger partial charge >= 0.3 is 0 Å². The van der Waals surface area contributed by atoms with Crippen LogP contribution in [0.1, 0.15) is 43.6 Å². The minimum atomic E-state index is -0.0947. The Labute approximate surface area is 202 Å². The maximum atomic E-state index is 13.2. The van der Waals surface area contributed by atoms with Gasteiger partial charge in [-0.15, -0.1) is 0 Å². The molecule has 34 heavy (non-hydrogen) atoms. The van der Waals surface area contributed by atoms with Crippen molar-refractivity contribution in [1.82, 2.24) is 19.7 Å². The van der Waals surface area contributed by atoms with Crippen LogP contribution in [-0.4, -0.2) is 51.8 Å². The molecule has 0 aliphatic carbocycles. The molecule has 1 N–H and O–H groups in total. The quantitative estimate of drug-likeness (QED) is 0.566. The summed E-state index contributed by atoms with van der Waals surface area (Å²) in [6.45, 7) is 13.8. The first kappa shape index (κ1) is 23.7. The first-order valence-corrected chi connectivity index (χ1v) is 12.2. The molecule has 180 valence electrons. The molecule has 0 saturated carbocycles. The van der Waals surface area contributed by atoms with E-state index in [-0.39, 0.29) is 11.8 Å². The first-order chi connectivity index (χ1) is 16.4. The highest BCUT2D eigenvalue weighted by atomic mass is 16.1. The van der Waals surface area contributed by atoms with Crippen molar-refractivity contribution in [3.63, 3.8) is 0 Å². The summed E-state index contributed by atoms with van der Waals surface area (Å²) in [4.78, 5) is 26.6. The van der Waals surface area contributed by atoms with Gasteiger partial charge in [-0.05, 0) is 77.3 Å². The summed E-state index contributed by atoms with van der Waals surface area (Å²) >= 11 is 0. The van der Waals surface area contributed by atoms with Gasteiger partial charge < -0.3 is 15.1 Å². The molecule has 1 fully saturated rings. The van der Waals surface area contributed by atoms with Crippen molar-refractivity contribution in [3.05, 3.63) is 53.6 Å². The highest BCUT2D eigenvalue weighted by molar-refractivity contribution is 5.94. The molecule has 8 heteroatoms. The number of amides is 1. The van der Waals surface area contributed by atoms with Crippen molar-refractivity contribution in [3.8, 4) is 5.82 Å². The summed E-state index contributed by atoms with van der Waals surface area (Å²) in [5, 5.41) is 7.70. The second kappa shape index (κ2) is 10.2. The lowest BCUT2D eigenvalue weighted by atomic mass is 9.96. The van der Waals surface area contributed by atoms with Gasteiger partial charge in [0.15, 0.2) is 5.82 Å². The maximum Gasteiger partial charge on any atom is 0.229 e. The molecular formula is C26H35N7O. The summed E-state index contributed by atoms with van der Waals surface area (Å²) in [5.41, 5.74) is 5.13. The van der Waals surface area contributed by atoms with Gasteiger partial charge in [-0.3, -0.25) is 4.79 Å². The van der Waals surface area contributed by atoms with E-state index in [9.17, 15) is 4.79 Å². The van der Waals surface area contributed by atoms with Crippen LogP contribution >= 0.6 is 0 Å².